The van der Waals surface area contributed by atoms with Crippen molar-refractivity contribution in [3.8, 4) is 51.0 Å². The van der Waals surface area contributed by atoms with E-state index in [9.17, 15) is 0 Å². The van der Waals surface area contributed by atoms with E-state index in [0.29, 0.717) is 0 Å². The standard InChI is InChI=1S/C47H40N6/c1-30(2)40-27-41(34-14-8-6-9-15-34)50-44(35-16-10-7-11-17-35)46(40)52-33(5)28-49-47(52)36-24-31(3)45(32(4)25-36)53-42-19-13-12-18-38(42)39-21-20-37(26-43(39)53)51-23-22-48-29-51/h6-30H,1-5H3. The molecule has 0 amide bonds. The lowest BCUT2D eigenvalue weighted by Crippen LogP contribution is -2.10. The molecule has 6 heteroatoms. The molecule has 258 valence electrons. The van der Waals surface area contributed by atoms with Gasteiger partial charge in [0.15, 0.2) is 0 Å². The van der Waals surface area contributed by atoms with Crippen LogP contribution in [-0.2, 0) is 0 Å². The highest BCUT2D eigenvalue weighted by molar-refractivity contribution is 6.10. The van der Waals surface area contributed by atoms with Gasteiger partial charge in [-0.25, -0.2) is 15.0 Å². The fraction of sp³-hybridized carbons (Fsp3) is 0.128. The Morgan fingerprint density at radius 3 is 1.98 bits per heavy atom. The molecule has 0 bridgehead atoms. The van der Waals surface area contributed by atoms with E-state index in [1.165, 1.54) is 38.7 Å². The monoisotopic (exact) mass is 688 g/mol. The van der Waals surface area contributed by atoms with E-state index < -0.39 is 0 Å². The number of benzene rings is 5. The summed E-state index contributed by atoms with van der Waals surface area (Å²) < 4.78 is 6.81. The summed E-state index contributed by atoms with van der Waals surface area (Å²) in [5, 5.41) is 2.45. The number of fused-ring (bicyclic) bond motifs is 3. The zero-order valence-electron chi connectivity index (χ0n) is 30.6. The summed E-state index contributed by atoms with van der Waals surface area (Å²) in [5.74, 6) is 1.14. The second-order valence-corrected chi connectivity index (χ2v) is 14.2. The van der Waals surface area contributed by atoms with Gasteiger partial charge in [0.2, 0.25) is 0 Å². The van der Waals surface area contributed by atoms with Gasteiger partial charge in [0.05, 0.1) is 40.1 Å². The third-order valence-electron chi connectivity index (χ3n) is 10.4. The van der Waals surface area contributed by atoms with Gasteiger partial charge in [0, 0.05) is 57.4 Å². The van der Waals surface area contributed by atoms with Crippen LogP contribution in [0.15, 0.2) is 146 Å². The van der Waals surface area contributed by atoms with E-state index in [-0.39, 0.29) is 5.92 Å². The lowest BCUT2D eigenvalue weighted by Gasteiger charge is -2.23. The lowest BCUT2D eigenvalue weighted by molar-refractivity contribution is 0.839. The molecule has 0 aliphatic heterocycles. The number of hydrogen-bond acceptors (Lipinski definition) is 3. The first-order valence-corrected chi connectivity index (χ1v) is 18.2. The smallest absolute Gasteiger partial charge is 0.144 e. The molecule has 53 heavy (non-hydrogen) atoms. The molecular formula is C47H40N6. The van der Waals surface area contributed by atoms with Crippen LogP contribution in [-0.4, -0.2) is 28.7 Å². The second-order valence-electron chi connectivity index (χ2n) is 14.2. The summed E-state index contributed by atoms with van der Waals surface area (Å²) in [4.78, 5) is 14.8. The molecule has 0 N–H and O–H groups in total. The molecule has 0 saturated heterocycles. The largest absolute Gasteiger partial charge is 0.309 e. The van der Waals surface area contributed by atoms with Crippen molar-refractivity contribution >= 4 is 21.8 Å². The van der Waals surface area contributed by atoms with Crippen molar-refractivity contribution in [1.29, 1.82) is 0 Å². The Morgan fingerprint density at radius 2 is 1.28 bits per heavy atom. The van der Waals surface area contributed by atoms with Crippen molar-refractivity contribution in [1.82, 2.24) is 28.7 Å². The lowest BCUT2D eigenvalue weighted by atomic mass is 9.95. The first kappa shape index (κ1) is 32.4. The molecule has 0 atom stereocenters. The van der Waals surface area contributed by atoms with Crippen molar-refractivity contribution in [3.05, 3.63) is 169 Å². The Bertz CT molecular complexity index is 2750. The summed E-state index contributed by atoms with van der Waals surface area (Å²) in [5.41, 5.74) is 15.5. The predicted octanol–water partition coefficient (Wildman–Crippen LogP) is 11.6. The predicted molar refractivity (Wildman–Crippen MR) is 217 cm³/mol. The topological polar surface area (TPSA) is 53.5 Å². The Kier molecular flexibility index (Phi) is 7.89. The van der Waals surface area contributed by atoms with Crippen LogP contribution in [0.3, 0.4) is 0 Å². The summed E-state index contributed by atoms with van der Waals surface area (Å²) in [7, 11) is 0. The van der Waals surface area contributed by atoms with Crippen LogP contribution in [0.1, 0.15) is 42.1 Å². The number of aromatic nitrogens is 6. The molecular weight excluding hydrogens is 649 g/mol. The summed E-state index contributed by atoms with van der Waals surface area (Å²) in [6.45, 7) is 11.1. The molecule has 0 spiro atoms. The number of imidazole rings is 2. The number of para-hydroxylation sites is 1. The maximum Gasteiger partial charge on any atom is 0.144 e. The molecule has 9 rings (SSSR count). The Morgan fingerprint density at radius 1 is 0.604 bits per heavy atom. The molecule has 6 nitrogen and oxygen atoms in total. The average Bonchev–Trinajstić information content (AvgIpc) is 3.93. The molecule has 0 radical (unpaired) electrons. The molecule has 0 aliphatic rings. The van der Waals surface area contributed by atoms with E-state index in [4.69, 9.17) is 9.97 Å². The number of rotatable bonds is 7. The molecule has 9 aromatic rings. The van der Waals surface area contributed by atoms with E-state index in [1.807, 2.05) is 24.9 Å². The fourth-order valence-electron chi connectivity index (χ4n) is 7.92. The van der Waals surface area contributed by atoms with Crippen LogP contribution in [0.5, 0.6) is 0 Å². The van der Waals surface area contributed by atoms with Gasteiger partial charge in [-0.3, -0.25) is 4.57 Å². The van der Waals surface area contributed by atoms with Gasteiger partial charge < -0.3 is 9.13 Å². The van der Waals surface area contributed by atoms with Crippen LogP contribution in [0.25, 0.3) is 72.8 Å². The molecule has 4 heterocycles. The Labute approximate surface area is 309 Å². The van der Waals surface area contributed by atoms with Crippen LogP contribution < -0.4 is 0 Å². The van der Waals surface area contributed by atoms with E-state index in [0.717, 1.165) is 56.5 Å². The third kappa shape index (κ3) is 5.46. The minimum Gasteiger partial charge on any atom is -0.309 e. The first-order chi connectivity index (χ1) is 25.9. The summed E-state index contributed by atoms with van der Waals surface area (Å²) in [6.07, 6.45) is 7.64. The van der Waals surface area contributed by atoms with Crippen molar-refractivity contribution in [2.75, 3.05) is 0 Å². The zero-order chi connectivity index (χ0) is 36.2. The van der Waals surface area contributed by atoms with Crippen molar-refractivity contribution in [3.63, 3.8) is 0 Å². The van der Waals surface area contributed by atoms with Gasteiger partial charge in [-0.2, -0.15) is 0 Å². The van der Waals surface area contributed by atoms with Gasteiger partial charge in [-0.15, -0.1) is 0 Å². The number of nitrogens with zero attached hydrogens (tertiary/aromatic N) is 6. The summed E-state index contributed by atoms with van der Waals surface area (Å²) >= 11 is 0. The van der Waals surface area contributed by atoms with Crippen LogP contribution in [0.4, 0.5) is 0 Å². The quantitative estimate of drug-likeness (QED) is 0.167. The van der Waals surface area contributed by atoms with E-state index in [1.54, 1.807) is 0 Å². The van der Waals surface area contributed by atoms with Gasteiger partial charge in [-0.05, 0) is 79.8 Å². The van der Waals surface area contributed by atoms with E-state index >= 15 is 0 Å². The maximum absolute atomic E-state index is 5.40. The maximum atomic E-state index is 5.40. The minimum absolute atomic E-state index is 0.237. The summed E-state index contributed by atoms with van der Waals surface area (Å²) in [6, 6.07) is 43.2. The highest BCUT2D eigenvalue weighted by Crippen LogP contribution is 2.40. The van der Waals surface area contributed by atoms with Crippen LogP contribution in [0.2, 0.25) is 0 Å². The molecule has 0 fully saturated rings. The van der Waals surface area contributed by atoms with E-state index in [2.05, 4.69) is 175 Å². The van der Waals surface area contributed by atoms with Crippen molar-refractivity contribution in [2.45, 2.75) is 40.5 Å². The van der Waals surface area contributed by atoms with Crippen LogP contribution >= 0.6 is 0 Å². The molecule has 0 saturated carbocycles. The van der Waals surface area contributed by atoms with Gasteiger partial charge >= 0.3 is 0 Å². The third-order valence-corrected chi connectivity index (χ3v) is 10.4. The highest BCUT2D eigenvalue weighted by Gasteiger charge is 2.24. The van der Waals surface area contributed by atoms with Crippen molar-refractivity contribution < 1.29 is 0 Å². The van der Waals surface area contributed by atoms with Gasteiger partial charge in [-0.1, -0.05) is 98.8 Å². The number of pyridine rings is 1. The molecule has 4 aromatic heterocycles. The first-order valence-electron chi connectivity index (χ1n) is 18.2. The Balaban J connectivity index is 1.26. The van der Waals surface area contributed by atoms with Crippen LogP contribution in [0, 0.1) is 20.8 Å². The molecule has 0 aliphatic carbocycles. The zero-order valence-corrected chi connectivity index (χ0v) is 30.6. The highest BCUT2D eigenvalue weighted by atomic mass is 15.1. The average molecular weight is 689 g/mol. The molecule has 5 aromatic carbocycles. The Hall–Kier alpha value is -6.53. The van der Waals surface area contributed by atoms with Gasteiger partial charge in [0.25, 0.3) is 0 Å². The number of hydrogen-bond donors (Lipinski definition) is 0. The van der Waals surface area contributed by atoms with Gasteiger partial charge in [0.1, 0.15) is 5.82 Å². The normalized spacial score (nSPS) is 11.7. The second kappa shape index (κ2) is 12.9. The van der Waals surface area contributed by atoms with Crippen molar-refractivity contribution in [2.24, 2.45) is 0 Å². The minimum atomic E-state index is 0.237. The fourth-order valence-corrected chi connectivity index (χ4v) is 7.92. The molecule has 0 unspecified atom stereocenters. The number of aryl methyl sites for hydroxylation is 3. The SMILES string of the molecule is Cc1cc(-c2ncc(C)n2-c2c(C(C)C)cc(-c3ccccc3)nc2-c2ccccc2)cc(C)c1-n1c2ccccc2c2ccc(-n3ccnc3)cc21.